The minimum absolute atomic E-state index is 0.296. The van der Waals surface area contributed by atoms with Gasteiger partial charge < -0.3 is 5.11 Å². The van der Waals surface area contributed by atoms with Crippen molar-refractivity contribution in [3.63, 3.8) is 0 Å². The summed E-state index contributed by atoms with van der Waals surface area (Å²) >= 11 is 0. The fourth-order valence-electron chi connectivity index (χ4n) is 0.748. The van der Waals surface area contributed by atoms with Crippen LogP contribution in [0.2, 0.25) is 0 Å². The Morgan fingerprint density at radius 2 is 2.33 bits per heavy atom. The molecule has 0 aliphatic rings. The van der Waals surface area contributed by atoms with Crippen LogP contribution in [0.3, 0.4) is 0 Å². The van der Waals surface area contributed by atoms with Crippen molar-refractivity contribution >= 4 is 11.8 Å². The summed E-state index contributed by atoms with van der Waals surface area (Å²) in [4.78, 5) is 21.6. The van der Waals surface area contributed by atoms with Crippen molar-refractivity contribution in [3.05, 3.63) is 18.0 Å². The molecule has 5 heteroatoms. The van der Waals surface area contributed by atoms with E-state index in [1.54, 1.807) is 0 Å². The molecule has 1 heterocycles. The van der Waals surface area contributed by atoms with E-state index >= 15 is 0 Å². The quantitative estimate of drug-likeness (QED) is 0.502. The zero-order valence-electron chi connectivity index (χ0n) is 6.44. The van der Waals surface area contributed by atoms with Crippen molar-refractivity contribution in [2.45, 2.75) is 6.92 Å². The molecule has 0 aliphatic carbocycles. The Morgan fingerprint density at radius 3 is 2.75 bits per heavy atom. The highest BCUT2D eigenvalue weighted by molar-refractivity contribution is 6.07. The van der Waals surface area contributed by atoms with Crippen LogP contribution < -0.4 is 0 Å². The zero-order chi connectivity index (χ0) is 9.14. The number of H-pyrrole nitrogens is 1. The minimum Gasteiger partial charge on any atom is -0.481 e. The third-order valence-corrected chi connectivity index (χ3v) is 1.55. The molecule has 2 N–H and O–H groups in total. The van der Waals surface area contributed by atoms with E-state index in [2.05, 4.69) is 10.2 Å². The summed E-state index contributed by atoms with van der Waals surface area (Å²) in [7, 11) is 0. The van der Waals surface area contributed by atoms with Gasteiger partial charge in [0.25, 0.3) is 0 Å². The molecule has 1 aromatic rings. The fourth-order valence-corrected chi connectivity index (χ4v) is 0.748. The van der Waals surface area contributed by atoms with Crippen molar-refractivity contribution in [2.75, 3.05) is 0 Å². The van der Waals surface area contributed by atoms with E-state index in [1.807, 2.05) is 0 Å². The molecule has 12 heavy (non-hydrogen) atoms. The number of ketones is 1. The van der Waals surface area contributed by atoms with Gasteiger partial charge in [-0.2, -0.15) is 5.10 Å². The molecule has 0 spiro atoms. The van der Waals surface area contributed by atoms with Gasteiger partial charge in [-0.15, -0.1) is 0 Å². The SMILES string of the molecule is CC(C(=O)O)C(=O)c1cn[nH]c1. The van der Waals surface area contributed by atoms with Gasteiger partial charge in [0.05, 0.1) is 11.8 Å². The Bertz CT molecular complexity index is 292. The minimum atomic E-state index is -1.12. The van der Waals surface area contributed by atoms with Gasteiger partial charge in [0.2, 0.25) is 0 Å². The number of carbonyl (C=O) groups is 2. The van der Waals surface area contributed by atoms with Crippen molar-refractivity contribution in [1.82, 2.24) is 10.2 Å². The van der Waals surface area contributed by atoms with Gasteiger partial charge in [0.1, 0.15) is 5.92 Å². The molecule has 0 fully saturated rings. The highest BCUT2D eigenvalue weighted by Crippen LogP contribution is 2.06. The third kappa shape index (κ3) is 1.50. The summed E-state index contributed by atoms with van der Waals surface area (Å²) in [6, 6.07) is 0. The van der Waals surface area contributed by atoms with Crippen LogP contribution in [-0.4, -0.2) is 27.1 Å². The molecule has 64 valence electrons. The third-order valence-electron chi connectivity index (χ3n) is 1.55. The summed E-state index contributed by atoms with van der Waals surface area (Å²) in [5.74, 6) is -2.57. The maximum Gasteiger partial charge on any atom is 0.314 e. The Balaban J connectivity index is 2.79. The standard InChI is InChI=1S/C7H8N2O3/c1-4(7(11)12)6(10)5-2-8-9-3-5/h2-4H,1H3,(H,8,9)(H,11,12). The van der Waals surface area contributed by atoms with Gasteiger partial charge in [-0.1, -0.05) is 0 Å². The number of hydrogen-bond donors (Lipinski definition) is 2. The van der Waals surface area contributed by atoms with Crippen LogP contribution in [-0.2, 0) is 4.79 Å². The summed E-state index contributed by atoms with van der Waals surface area (Å²) in [6.45, 7) is 1.34. The smallest absolute Gasteiger partial charge is 0.314 e. The number of carboxylic acid groups (broad SMARTS) is 1. The summed E-state index contributed by atoms with van der Waals surface area (Å²) in [5.41, 5.74) is 0.296. The van der Waals surface area contributed by atoms with Crippen LogP contribution in [0.15, 0.2) is 12.4 Å². The van der Waals surface area contributed by atoms with E-state index in [0.29, 0.717) is 5.56 Å². The van der Waals surface area contributed by atoms with Gasteiger partial charge in [-0.05, 0) is 6.92 Å². The number of rotatable bonds is 3. The number of aromatic amines is 1. The number of carboxylic acids is 1. The molecule has 0 bridgehead atoms. The van der Waals surface area contributed by atoms with E-state index in [0.717, 1.165) is 0 Å². The number of aliphatic carboxylic acids is 1. The van der Waals surface area contributed by atoms with Gasteiger partial charge in [-0.3, -0.25) is 14.7 Å². The van der Waals surface area contributed by atoms with E-state index in [9.17, 15) is 9.59 Å². The number of hydrogen-bond acceptors (Lipinski definition) is 3. The fraction of sp³-hybridized carbons (Fsp3) is 0.286. The van der Waals surface area contributed by atoms with Crippen LogP contribution in [0.4, 0.5) is 0 Å². The highest BCUT2D eigenvalue weighted by Gasteiger charge is 2.22. The zero-order valence-corrected chi connectivity index (χ0v) is 6.44. The molecule has 1 atom stereocenters. The predicted molar refractivity (Wildman–Crippen MR) is 39.7 cm³/mol. The molecule has 0 saturated carbocycles. The molecule has 0 saturated heterocycles. The molecule has 0 amide bonds. The molecule has 1 rings (SSSR count). The first-order valence-electron chi connectivity index (χ1n) is 3.38. The van der Waals surface area contributed by atoms with Gasteiger partial charge in [0.15, 0.2) is 5.78 Å². The molecule has 0 aliphatic heterocycles. The average molecular weight is 168 g/mol. The van der Waals surface area contributed by atoms with Crippen molar-refractivity contribution in [1.29, 1.82) is 0 Å². The number of carbonyl (C=O) groups excluding carboxylic acids is 1. The number of nitrogens with zero attached hydrogens (tertiary/aromatic N) is 1. The lowest BCUT2D eigenvalue weighted by Crippen LogP contribution is -2.20. The van der Waals surface area contributed by atoms with Crippen LogP contribution >= 0.6 is 0 Å². The number of Topliss-reactive ketones (excluding diaryl/α,β-unsaturated/α-hetero) is 1. The Labute approximate surface area is 68.4 Å². The molecular weight excluding hydrogens is 160 g/mol. The lowest BCUT2D eigenvalue weighted by Gasteiger charge is -2.00. The maximum atomic E-state index is 11.2. The molecule has 0 radical (unpaired) electrons. The van der Waals surface area contributed by atoms with Gasteiger partial charge in [0, 0.05) is 6.20 Å². The predicted octanol–water partition coefficient (Wildman–Crippen LogP) is 0.313. The first kappa shape index (κ1) is 8.45. The normalized spacial score (nSPS) is 12.4. The molecular formula is C7H8N2O3. The topological polar surface area (TPSA) is 83.0 Å². The second-order valence-electron chi connectivity index (χ2n) is 2.41. The maximum absolute atomic E-state index is 11.2. The second-order valence-corrected chi connectivity index (χ2v) is 2.41. The lowest BCUT2D eigenvalue weighted by molar-refractivity contribution is -0.139. The summed E-state index contributed by atoms with van der Waals surface area (Å²) in [6.07, 6.45) is 2.68. The van der Waals surface area contributed by atoms with Crippen molar-refractivity contribution in [2.24, 2.45) is 5.92 Å². The highest BCUT2D eigenvalue weighted by atomic mass is 16.4. The molecule has 1 unspecified atom stereocenters. The lowest BCUT2D eigenvalue weighted by atomic mass is 10.0. The van der Waals surface area contributed by atoms with Crippen molar-refractivity contribution in [3.8, 4) is 0 Å². The van der Waals surface area contributed by atoms with E-state index in [4.69, 9.17) is 5.11 Å². The number of aromatic nitrogens is 2. The van der Waals surface area contributed by atoms with Crippen molar-refractivity contribution < 1.29 is 14.7 Å². The van der Waals surface area contributed by atoms with Crippen LogP contribution in [0.1, 0.15) is 17.3 Å². The summed E-state index contributed by atoms with van der Waals surface area (Å²) < 4.78 is 0. The Hall–Kier alpha value is -1.65. The summed E-state index contributed by atoms with van der Waals surface area (Å²) in [5, 5.41) is 14.5. The first-order valence-corrected chi connectivity index (χ1v) is 3.38. The van der Waals surface area contributed by atoms with E-state index in [1.165, 1.54) is 19.3 Å². The second kappa shape index (κ2) is 3.17. The molecule has 1 aromatic heterocycles. The van der Waals surface area contributed by atoms with Gasteiger partial charge in [-0.25, -0.2) is 0 Å². The van der Waals surface area contributed by atoms with Crippen LogP contribution in [0.25, 0.3) is 0 Å². The van der Waals surface area contributed by atoms with E-state index in [-0.39, 0.29) is 0 Å². The van der Waals surface area contributed by atoms with Crippen LogP contribution in [0.5, 0.6) is 0 Å². The molecule has 0 aromatic carbocycles. The Kier molecular flexibility index (Phi) is 2.23. The average Bonchev–Trinajstić information content (AvgIpc) is 2.53. The van der Waals surface area contributed by atoms with Gasteiger partial charge >= 0.3 is 5.97 Å². The Morgan fingerprint density at radius 1 is 1.67 bits per heavy atom. The largest absolute Gasteiger partial charge is 0.481 e. The monoisotopic (exact) mass is 168 g/mol. The van der Waals surface area contributed by atoms with Crippen LogP contribution in [0, 0.1) is 5.92 Å². The molecule has 5 nitrogen and oxygen atoms in total. The van der Waals surface area contributed by atoms with E-state index < -0.39 is 17.7 Å². The first-order chi connectivity index (χ1) is 5.63. The number of nitrogens with one attached hydrogen (secondary N) is 1.